The van der Waals surface area contributed by atoms with Crippen molar-refractivity contribution in [3.8, 4) is 0 Å². The van der Waals surface area contributed by atoms with Gasteiger partial charge in [-0.1, -0.05) is 234 Å². The van der Waals surface area contributed by atoms with Crippen LogP contribution < -0.4 is 0 Å². The fourth-order valence-electron chi connectivity index (χ4n) is 7.43. The van der Waals surface area contributed by atoms with Crippen LogP contribution in [-0.4, -0.2) is 37.2 Å². The maximum atomic E-state index is 12.8. The second kappa shape index (κ2) is 54.9. The van der Waals surface area contributed by atoms with Gasteiger partial charge in [-0.2, -0.15) is 0 Å². The van der Waals surface area contributed by atoms with Gasteiger partial charge in [-0.15, -0.1) is 0 Å². The molecule has 0 amide bonds. The predicted octanol–water partition coefficient (Wildman–Crippen LogP) is 18.5. The molecule has 0 N–H and O–H groups in total. The molecule has 0 spiro atoms. The first-order valence-electron chi connectivity index (χ1n) is 27.7. The summed E-state index contributed by atoms with van der Waals surface area (Å²) in [6.07, 6.45) is 72.6. The van der Waals surface area contributed by atoms with Gasteiger partial charge in [0.1, 0.15) is 13.2 Å². The number of rotatable bonds is 49. The maximum Gasteiger partial charge on any atom is 0.306 e. The smallest absolute Gasteiger partial charge is 0.306 e. The molecule has 0 unspecified atom stereocenters. The molecule has 0 bridgehead atoms. The summed E-state index contributed by atoms with van der Waals surface area (Å²) in [5.74, 6) is -1.00. The van der Waals surface area contributed by atoms with Crippen molar-refractivity contribution in [1.29, 1.82) is 0 Å². The molecule has 0 aromatic heterocycles. The molecule has 1 atom stereocenters. The topological polar surface area (TPSA) is 78.9 Å². The second-order valence-electron chi connectivity index (χ2n) is 18.1. The number of esters is 3. The van der Waals surface area contributed by atoms with Crippen molar-refractivity contribution in [3.05, 3.63) is 97.2 Å². The van der Waals surface area contributed by atoms with E-state index in [9.17, 15) is 14.4 Å². The Morgan fingerprint density at radius 2 is 0.597 bits per heavy atom. The van der Waals surface area contributed by atoms with Crippen LogP contribution >= 0.6 is 0 Å². The molecule has 0 heterocycles. The quantitative estimate of drug-likeness (QED) is 0.0262. The fourth-order valence-corrected chi connectivity index (χ4v) is 7.43. The molecule has 0 aliphatic rings. The second-order valence-corrected chi connectivity index (χ2v) is 18.1. The van der Waals surface area contributed by atoms with Gasteiger partial charge in [-0.3, -0.25) is 14.4 Å². The van der Waals surface area contributed by atoms with Crippen molar-refractivity contribution in [2.75, 3.05) is 13.2 Å². The lowest BCUT2D eigenvalue weighted by molar-refractivity contribution is -0.167. The van der Waals surface area contributed by atoms with Crippen molar-refractivity contribution in [2.24, 2.45) is 0 Å². The molecule has 0 radical (unpaired) electrons. The zero-order chi connectivity index (χ0) is 48.6. The summed E-state index contributed by atoms with van der Waals surface area (Å²) in [6.45, 7) is 6.42. The van der Waals surface area contributed by atoms with Crippen molar-refractivity contribution in [1.82, 2.24) is 0 Å². The predicted molar refractivity (Wildman–Crippen MR) is 288 cm³/mol. The summed E-state index contributed by atoms with van der Waals surface area (Å²) in [7, 11) is 0. The summed E-state index contributed by atoms with van der Waals surface area (Å²) in [5.41, 5.74) is 0. The van der Waals surface area contributed by atoms with Gasteiger partial charge >= 0.3 is 17.9 Å². The SMILES string of the molecule is CC/C=C\C/C=C\C/C=C\C/C=C\C/C=C\CCCC(=O)OC[C@@H](COC(=O)CCCC/C=C\C/C=C\C/C=C\CCCCC)OC(=O)CCCCCCCCCCCCCCCCCCC. The highest BCUT2D eigenvalue weighted by Gasteiger charge is 2.19. The standard InChI is InChI=1S/C61H102O6/c1-4-7-10-13-16-19-22-25-28-30-33-36-39-42-45-48-51-54-60(63)66-57-58(56-65-59(62)53-50-47-44-41-38-35-32-27-24-21-18-15-12-9-6-3)67-61(64)55-52-49-46-43-40-37-34-31-29-26-23-20-17-14-11-8-5-2/h7,10,16,18-19,21,25,27-28,32-33,36,38,41-42,45,58H,4-6,8-9,11-15,17,20,22-24,26,29-31,34-35,37,39-40,43-44,46-57H2,1-3H3/b10-7-,19-16-,21-18-,28-25-,32-27-,36-33-,41-38-,45-42-/t58-/m1/s1. The molecule has 6 heteroatoms. The van der Waals surface area contributed by atoms with E-state index in [-0.39, 0.29) is 37.5 Å². The van der Waals surface area contributed by atoms with E-state index in [0.717, 1.165) is 89.9 Å². The highest BCUT2D eigenvalue weighted by Crippen LogP contribution is 2.15. The fraction of sp³-hybridized carbons (Fsp3) is 0.689. The summed E-state index contributed by atoms with van der Waals surface area (Å²) < 4.78 is 16.8. The third kappa shape index (κ3) is 53.2. The van der Waals surface area contributed by atoms with E-state index < -0.39 is 6.10 Å². The van der Waals surface area contributed by atoms with Crippen molar-refractivity contribution < 1.29 is 28.6 Å². The molecular formula is C61H102O6. The van der Waals surface area contributed by atoms with Crippen LogP contribution in [0.3, 0.4) is 0 Å². The van der Waals surface area contributed by atoms with Crippen LogP contribution in [0.5, 0.6) is 0 Å². The Labute approximate surface area is 413 Å². The molecule has 0 aliphatic heterocycles. The third-order valence-corrected chi connectivity index (χ3v) is 11.6. The number of unbranched alkanes of at least 4 members (excludes halogenated alkanes) is 22. The molecule has 0 rings (SSSR count). The van der Waals surface area contributed by atoms with Gasteiger partial charge in [0.05, 0.1) is 0 Å². The van der Waals surface area contributed by atoms with E-state index in [1.54, 1.807) is 0 Å². The van der Waals surface area contributed by atoms with Gasteiger partial charge in [-0.25, -0.2) is 0 Å². The summed E-state index contributed by atoms with van der Waals surface area (Å²) in [6, 6.07) is 0. The first-order chi connectivity index (χ1) is 33.0. The number of hydrogen-bond acceptors (Lipinski definition) is 6. The minimum absolute atomic E-state index is 0.114. The van der Waals surface area contributed by atoms with Gasteiger partial charge in [0.2, 0.25) is 0 Å². The zero-order valence-electron chi connectivity index (χ0n) is 43.6. The Kier molecular flexibility index (Phi) is 51.9. The Bertz CT molecular complexity index is 1350. The van der Waals surface area contributed by atoms with Gasteiger partial charge in [0.25, 0.3) is 0 Å². The minimum Gasteiger partial charge on any atom is -0.462 e. The molecular weight excluding hydrogens is 829 g/mol. The van der Waals surface area contributed by atoms with Crippen LogP contribution in [0.2, 0.25) is 0 Å². The van der Waals surface area contributed by atoms with Gasteiger partial charge < -0.3 is 14.2 Å². The average Bonchev–Trinajstić information content (AvgIpc) is 3.33. The summed E-state index contributed by atoms with van der Waals surface area (Å²) in [5, 5.41) is 0. The van der Waals surface area contributed by atoms with E-state index in [0.29, 0.717) is 19.3 Å². The lowest BCUT2D eigenvalue weighted by Crippen LogP contribution is -2.30. The van der Waals surface area contributed by atoms with E-state index in [1.165, 1.54) is 116 Å². The molecule has 0 aliphatic carbocycles. The van der Waals surface area contributed by atoms with E-state index in [1.807, 2.05) is 0 Å². The Morgan fingerprint density at radius 3 is 1.00 bits per heavy atom. The van der Waals surface area contributed by atoms with Crippen LogP contribution in [0.1, 0.15) is 252 Å². The van der Waals surface area contributed by atoms with Crippen molar-refractivity contribution in [3.63, 3.8) is 0 Å². The molecule has 0 aromatic carbocycles. The van der Waals surface area contributed by atoms with E-state index >= 15 is 0 Å². The van der Waals surface area contributed by atoms with Gasteiger partial charge in [-0.05, 0) is 96.3 Å². The highest BCUT2D eigenvalue weighted by atomic mass is 16.6. The molecule has 67 heavy (non-hydrogen) atoms. The monoisotopic (exact) mass is 931 g/mol. The highest BCUT2D eigenvalue weighted by molar-refractivity contribution is 5.71. The molecule has 0 fully saturated rings. The molecule has 6 nitrogen and oxygen atoms in total. The normalized spacial score (nSPS) is 12.8. The molecule has 0 saturated heterocycles. The lowest BCUT2D eigenvalue weighted by atomic mass is 10.0. The average molecular weight is 931 g/mol. The minimum atomic E-state index is -0.815. The van der Waals surface area contributed by atoms with Gasteiger partial charge in [0, 0.05) is 19.3 Å². The number of carbonyl (C=O) groups is 3. The van der Waals surface area contributed by atoms with Crippen LogP contribution in [0, 0.1) is 0 Å². The summed E-state index contributed by atoms with van der Waals surface area (Å²) in [4.78, 5) is 38.1. The van der Waals surface area contributed by atoms with Crippen molar-refractivity contribution in [2.45, 2.75) is 258 Å². The van der Waals surface area contributed by atoms with Gasteiger partial charge in [0.15, 0.2) is 6.10 Å². The maximum absolute atomic E-state index is 12.8. The summed E-state index contributed by atoms with van der Waals surface area (Å²) >= 11 is 0. The third-order valence-electron chi connectivity index (χ3n) is 11.6. The van der Waals surface area contributed by atoms with Crippen LogP contribution in [0.4, 0.5) is 0 Å². The van der Waals surface area contributed by atoms with Crippen molar-refractivity contribution >= 4 is 17.9 Å². The lowest BCUT2D eigenvalue weighted by Gasteiger charge is -2.18. The molecule has 382 valence electrons. The largest absolute Gasteiger partial charge is 0.462 e. The zero-order valence-corrected chi connectivity index (χ0v) is 43.6. The first-order valence-corrected chi connectivity index (χ1v) is 27.7. The van der Waals surface area contributed by atoms with E-state index in [2.05, 4.69) is 118 Å². The Morgan fingerprint density at radius 1 is 0.313 bits per heavy atom. The Balaban J connectivity index is 4.52. The number of carbonyl (C=O) groups excluding carboxylic acids is 3. The number of hydrogen-bond donors (Lipinski definition) is 0. The molecule has 0 aromatic rings. The Hall–Kier alpha value is -3.67. The van der Waals surface area contributed by atoms with Crippen LogP contribution in [0.25, 0.3) is 0 Å². The van der Waals surface area contributed by atoms with E-state index in [4.69, 9.17) is 14.2 Å². The number of ether oxygens (including phenoxy) is 3. The first kappa shape index (κ1) is 63.3. The van der Waals surface area contributed by atoms with Crippen LogP contribution in [0.15, 0.2) is 97.2 Å². The number of allylic oxidation sites excluding steroid dienone is 16. The van der Waals surface area contributed by atoms with Crippen LogP contribution in [-0.2, 0) is 28.6 Å². The molecule has 0 saturated carbocycles.